The lowest BCUT2D eigenvalue weighted by molar-refractivity contribution is 0.228. The van der Waals surface area contributed by atoms with Crippen molar-refractivity contribution in [1.29, 1.82) is 0 Å². The van der Waals surface area contributed by atoms with Crippen LogP contribution >= 0.6 is 0 Å². The quantitative estimate of drug-likeness (QED) is 0.852. The maximum absolute atomic E-state index is 13.7. The molecule has 1 atom stereocenters. The smallest absolute Gasteiger partial charge is 0.129 e. The predicted octanol–water partition coefficient (Wildman–Crippen LogP) is 3.92. The molecule has 106 valence electrons. The van der Waals surface area contributed by atoms with Crippen molar-refractivity contribution >= 4 is 0 Å². The highest BCUT2D eigenvalue weighted by atomic mass is 19.1. The van der Waals surface area contributed by atoms with Gasteiger partial charge in [0.15, 0.2) is 0 Å². The summed E-state index contributed by atoms with van der Waals surface area (Å²) in [6, 6.07) is 4.54. The Labute approximate surface area is 114 Å². The zero-order valence-corrected chi connectivity index (χ0v) is 12.0. The summed E-state index contributed by atoms with van der Waals surface area (Å²) in [5, 5.41) is 3.52. The molecule has 0 aromatic heterocycles. The molecule has 1 aliphatic carbocycles. The second kappa shape index (κ2) is 5.58. The van der Waals surface area contributed by atoms with Crippen molar-refractivity contribution in [3.05, 3.63) is 35.4 Å². The van der Waals surface area contributed by atoms with E-state index in [1.54, 1.807) is 6.07 Å². The molecule has 1 aromatic carbocycles. The maximum Gasteiger partial charge on any atom is 0.129 e. The zero-order valence-electron chi connectivity index (χ0n) is 12.0. The molecule has 2 rings (SSSR count). The van der Waals surface area contributed by atoms with Gasteiger partial charge in [-0.1, -0.05) is 26.8 Å². The van der Waals surface area contributed by atoms with Crippen LogP contribution < -0.4 is 5.32 Å². The summed E-state index contributed by atoms with van der Waals surface area (Å²) in [5.74, 6) is -0.599. The summed E-state index contributed by atoms with van der Waals surface area (Å²) in [5.41, 5.74) is 0.710. The minimum Gasteiger partial charge on any atom is -0.314 e. The summed E-state index contributed by atoms with van der Waals surface area (Å²) in [6.07, 6.45) is 3.15. The normalized spacial score (nSPS) is 17.5. The molecule has 0 amide bonds. The van der Waals surface area contributed by atoms with Gasteiger partial charge in [-0.2, -0.15) is 0 Å². The number of halogens is 2. The second-order valence-corrected chi connectivity index (χ2v) is 6.69. The fourth-order valence-electron chi connectivity index (χ4n) is 2.23. The number of rotatable bonds is 5. The molecule has 19 heavy (non-hydrogen) atoms. The molecule has 1 saturated carbocycles. The molecule has 0 aliphatic heterocycles. The van der Waals surface area contributed by atoms with Gasteiger partial charge in [-0.15, -0.1) is 0 Å². The lowest BCUT2D eigenvalue weighted by Gasteiger charge is -2.31. The monoisotopic (exact) mass is 267 g/mol. The first-order chi connectivity index (χ1) is 8.86. The van der Waals surface area contributed by atoms with Gasteiger partial charge in [0.05, 0.1) is 0 Å². The highest BCUT2D eigenvalue weighted by Crippen LogP contribution is 2.30. The van der Waals surface area contributed by atoms with Crippen molar-refractivity contribution in [3.63, 3.8) is 0 Å². The van der Waals surface area contributed by atoms with E-state index in [-0.39, 0.29) is 5.41 Å². The van der Waals surface area contributed by atoms with E-state index in [2.05, 4.69) is 26.1 Å². The van der Waals surface area contributed by atoms with Crippen LogP contribution in [-0.4, -0.2) is 12.6 Å². The summed E-state index contributed by atoms with van der Waals surface area (Å²) in [6.45, 7) is 7.42. The van der Waals surface area contributed by atoms with Crippen LogP contribution in [0.25, 0.3) is 0 Å². The average molecular weight is 267 g/mol. The van der Waals surface area contributed by atoms with Gasteiger partial charge >= 0.3 is 0 Å². The van der Waals surface area contributed by atoms with Crippen molar-refractivity contribution in [2.24, 2.45) is 11.3 Å². The number of hydrogen-bond donors (Lipinski definition) is 1. The molecule has 1 aliphatic rings. The fraction of sp³-hybridized carbons (Fsp3) is 0.625. The van der Waals surface area contributed by atoms with E-state index in [9.17, 15) is 8.78 Å². The van der Waals surface area contributed by atoms with Crippen molar-refractivity contribution in [1.82, 2.24) is 5.32 Å². The third-order valence-corrected chi connectivity index (χ3v) is 3.94. The van der Waals surface area contributed by atoms with Crippen molar-refractivity contribution < 1.29 is 8.78 Å². The first kappa shape index (κ1) is 14.4. The molecule has 0 saturated heterocycles. The highest BCUT2D eigenvalue weighted by Gasteiger charge is 2.28. The van der Waals surface area contributed by atoms with Crippen LogP contribution in [0.2, 0.25) is 0 Å². The Morgan fingerprint density at radius 1 is 1.26 bits per heavy atom. The Morgan fingerprint density at radius 2 is 1.95 bits per heavy atom. The van der Waals surface area contributed by atoms with Crippen LogP contribution in [0.3, 0.4) is 0 Å². The van der Waals surface area contributed by atoms with Gasteiger partial charge in [-0.3, -0.25) is 0 Å². The third-order valence-electron chi connectivity index (χ3n) is 3.94. The molecule has 0 heterocycles. The van der Waals surface area contributed by atoms with E-state index >= 15 is 0 Å². The van der Waals surface area contributed by atoms with E-state index < -0.39 is 11.6 Å². The van der Waals surface area contributed by atoms with Gasteiger partial charge in [0.25, 0.3) is 0 Å². The first-order valence-electron chi connectivity index (χ1n) is 7.03. The fourth-order valence-corrected chi connectivity index (χ4v) is 2.23. The second-order valence-electron chi connectivity index (χ2n) is 6.69. The Hall–Kier alpha value is -0.960. The SMILES string of the molecule is CC(C)(C)C(CNC1CC1)Cc1ccc(F)cc1F. The molecule has 0 radical (unpaired) electrons. The molecule has 3 heteroatoms. The van der Waals surface area contributed by atoms with E-state index in [0.717, 1.165) is 12.6 Å². The zero-order chi connectivity index (χ0) is 14.0. The number of nitrogens with one attached hydrogen (secondary N) is 1. The predicted molar refractivity (Wildman–Crippen MR) is 74.0 cm³/mol. The van der Waals surface area contributed by atoms with Gasteiger partial charge < -0.3 is 5.32 Å². The molecule has 0 spiro atoms. The maximum atomic E-state index is 13.7. The number of hydrogen-bond acceptors (Lipinski definition) is 1. The molecule has 1 aromatic rings. The summed E-state index contributed by atoms with van der Waals surface area (Å²) in [4.78, 5) is 0. The van der Waals surface area contributed by atoms with Crippen LogP contribution in [0.15, 0.2) is 18.2 Å². The molecular weight excluding hydrogens is 244 g/mol. The van der Waals surface area contributed by atoms with E-state index in [0.29, 0.717) is 23.9 Å². The first-order valence-corrected chi connectivity index (χ1v) is 7.03. The van der Waals surface area contributed by atoms with Crippen LogP contribution in [0, 0.1) is 23.0 Å². The Kier molecular flexibility index (Phi) is 4.24. The topological polar surface area (TPSA) is 12.0 Å². The molecule has 1 nitrogen and oxygen atoms in total. The minimum absolute atomic E-state index is 0.0999. The highest BCUT2D eigenvalue weighted by molar-refractivity contribution is 5.19. The number of benzene rings is 1. The van der Waals surface area contributed by atoms with Crippen LogP contribution in [-0.2, 0) is 6.42 Å². The van der Waals surface area contributed by atoms with Gasteiger partial charge in [-0.05, 0) is 48.8 Å². The van der Waals surface area contributed by atoms with Crippen molar-refractivity contribution in [3.8, 4) is 0 Å². The Morgan fingerprint density at radius 3 is 2.47 bits per heavy atom. The van der Waals surface area contributed by atoms with Crippen molar-refractivity contribution in [2.45, 2.75) is 46.1 Å². The molecule has 1 unspecified atom stereocenters. The van der Waals surface area contributed by atoms with E-state index in [4.69, 9.17) is 0 Å². The lowest BCUT2D eigenvalue weighted by Crippen LogP contribution is -2.34. The van der Waals surface area contributed by atoms with E-state index in [1.807, 2.05) is 0 Å². The largest absolute Gasteiger partial charge is 0.314 e. The standard InChI is InChI=1S/C16H23F2N/c1-16(2,3)12(10-19-14-6-7-14)8-11-4-5-13(17)9-15(11)18/h4-5,9,12,14,19H,6-8,10H2,1-3H3. The summed E-state index contributed by atoms with van der Waals surface area (Å²) >= 11 is 0. The average Bonchev–Trinajstić information content (AvgIpc) is 3.09. The third kappa shape index (κ3) is 4.27. The van der Waals surface area contributed by atoms with Gasteiger partial charge in [0.1, 0.15) is 11.6 Å². The lowest BCUT2D eigenvalue weighted by atomic mass is 9.77. The van der Waals surface area contributed by atoms with Crippen molar-refractivity contribution in [2.75, 3.05) is 6.54 Å². The van der Waals surface area contributed by atoms with Gasteiger partial charge in [0, 0.05) is 12.1 Å². The molecule has 1 N–H and O–H groups in total. The minimum atomic E-state index is -0.510. The summed E-state index contributed by atoms with van der Waals surface area (Å²) < 4.78 is 26.7. The van der Waals surface area contributed by atoms with E-state index in [1.165, 1.54) is 18.9 Å². The Balaban J connectivity index is 2.05. The van der Waals surface area contributed by atoms with Crippen LogP contribution in [0.1, 0.15) is 39.2 Å². The van der Waals surface area contributed by atoms with Crippen LogP contribution in [0.5, 0.6) is 0 Å². The Bertz CT molecular complexity index is 433. The van der Waals surface area contributed by atoms with Gasteiger partial charge in [-0.25, -0.2) is 8.78 Å². The molecular formula is C16H23F2N. The summed E-state index contributed by atoms with van der Waals surface area (Å²) in [7, 11) is 0. The molecule has 1 fully saturated rings. The van der Waals surface area contributed by atoms with Gasteiger partial charge in [0.2, 0.25) is 0 Å². The molecule has 0 bridgehead atoms. The van der Waals surface area contributed by atoms with Crippen LogP contribution in [0.4, 0.5) is 8.78 Å².